The van der Waals surface area contributed by atoms with Gasteiger partial charge in [0.25, 0.3) is 0 Å². The summed E-state index contributed by atoms with van der Waals surface area (Å²) in [6.07, 6.45) is 4.34. The lowest BCUT2D eigenvalue weighted by atomic mass is 9.88. The summed E-state index contributed by atoms with van der Waals surface area (Å²) < 4.78 is 11.1. The summed E-state index contributed by atoms with van der Waals surface area (Å²) >= 11 is 0. The van der Waals surface area contributed by atoms with Gasteiger partial charge in [-0.25, -0.2) is 4.79 Å². The molecule has 2 saturated carbocycles. The Bertz CT molecular complexity index is 999. The summed E-state index contributed by atoms with van der Waals surface area (Å²) in [4.78, 5) is 12.9. The standard InChI is InChI=1S/C22H20N2O3/c1-11-8-17(13(3)26-11)12(2)18-20(19(14-4-5-14)15-6-7-15)21(27-22(18)25)16(9-23)10-24/h8,14-15H,4-7H2,1-3H3/b18-12+. The van der Waals surface area contributed by atoms with Gasteiger partial charge in [-0.2, -0.15) is 10.5 Å². The first kappa shape index (κ1) is 17.4. The normalized spacial score (nSPS) is 20.9. The number of rotatable bonds is 3. The average molecular weight is 360 g/mol. The van der Waals surface area contributed by atoms with E-state index >= 15 is 0 Å². The molecular weight excluding hydrogens is 340 g/mol. The molecule has 0 spiro atoms. The van der Waals surface area contributed by atoms with Crippen molar-refractivity contribution in [3.63, 3.8) is 0 Å². The van der Waals surface area contributed by atoms with Gasteiger partial charge in [0.1, 0.15) is 23.7 Å². The van der Waals surface area contributed by atoms with Gasteiger partial charge in [0.05, 0.1) is 5.57 Å². The van der Waals surface area contributed by atoms with E-state index in [-0.39, 0.29) is 11.3 Å². The van der Waals surface area contributed by atoms with Crippen molar-refractivity contribution in [2.75, 3.05) is 0 Å². The predicted octanol–water partition coefficient (Wildman–Crippen LogP) is 4.64. The van der Waals surface area contributed by atoms with Crippen molar-refractivity contribution in [2.45, 2.75) is 46.5 Å². The first-order valence-electron chi connectivity index (χ1n) is 9.26. The van der Waals surface area contributed by atoms with E-state index in [1.165, 1.54) is 5.57 Å². The van der Waals surface area contributed by atoms with E-state index in [9.17, 15) is 15.3 Å². The van der Waals surface area contributed by atoms with Crippen LogP contribution in [0.25, 0.3) is 5.57 Å². The van der Waals surface area contributed by atoms with Crippen LogP contribution in [-0.2, 0) is 9.53 Å². The second kappa shape index (κ2) is 6.28. The maximum Gasteiger partial charge on any atom is 0.344 e. The van der Waals surface area contributed by atoms with Gasteiger partial charge in [-0.15, -0.1) is 0 Å². The number of furan rings is 1. The fraction of sp³-hybridized carbons (Fsp3) is 0.409. The second-order valence-electron chi connectivity index (χ2n) is 7.52. The molecule has 3 fully saturated rings. The SMILES string of the molecule is C/C(=C1\C(=O)OC(=C(C#N)C#N)C1=C(C1CC1)C1CC1)c1cc(C)oc1C. The predicted molar refractivity (Wildman–Crippen MR) is 97.6 cm³/mol. The van der Waals surface area contributed by atoms with E-state index < -0.39 is 5.97 Å². The van der Waals surface area contributed by atoms with Crippen LogP contribution in [0.15, 0.2) is 38.5 Å². The van der Waals surface area contributed by atoms with Crippen LogP contribution in [0.5, 0.6) is 0 Å². The van der Waals surface area contributed by atoms with Crippen LogP contribution in [0.4, 0.5) is 0 Å². The van der Waals surface area contributed by atoms with Crippen LogP contribution in [0.2, 0.25) is 0 Å². The molecule has 4 rings (SSSR count). The van der Waals surface area contributed by atoms with Crippen molar-refractivity contribution in [3.8, 4) is 12.1 Å². The summed E-state index contributed by atoms with van der Waals surface area (Å²) in [6.45, 7) is 5.62. The minimum atomic E-state index is -0.488. The molecule has 2 heterocycles. The fourth-order valence-corrected chi connectivity index (χ4v) is 4.00. The van der Waals surface area contributed by atoms with Gasteiger partial charge in [0.2, 0.25) is 0 Å². The summed E-state index contributed by atoms with van der Waals surface area (Å²) in [7, 11) is 0. The Morgan fingerprint density at radius 3 is 2.11 bits per heavy atom. The summed E-state index contributed by atoms with van der Waals surface area (Å²) in [5, 5.41) is 18.8. The first-order chi connectivity index (χ1) is 13.0. The number of hydrogen-bond acceptors (Lipinski definition) is 5. The number of ether oxygens (including phenoxy) is 1. The Morgan fingerprint density at radius 1 is 1.07 bits per heavy atom. The van der Waals surface area contributed by atoms with Crippen molar-refractivity contribution in [3.05, 3.63) is 51.2 Å². The van der Waals surface area contributed by atoms with E-state index in [4.69, 9.17) is 9.15 Å². The van der Waals surface area contributed by atoms with Crippen LogP contribution in [0.1, 0.15) is 49.7 Å². The van der Waals surface area contributed by atoms with E-state index in [0.717, 1.165) is 48.3 Å². The lowest BCUT2D eigenvalue weighted by Crippen LogP contribution is -2.03. The van der Waals surface area contributed by atoms with Crippen LogP contribution in [0, 0.1) is 48.3 Å². The summed E-state index contributed by atoms with van der Waals surface area (Å²) in [6, 6.07) is 5.71. The maximum absolute atomic E-state index is 12.9. The third-order valence-corrected chi connectivity index (χ3v) is 5.47. The molecule has 0 N–H and O–H groups in total. The van der Waals surface area contributed by atoms with Gasteiger partial charge >= 0.3 is 5.97 Å². The van der Waals surface area contributed by atoms with Gasteiger partial charge in [-0.1, -0.05) is 5.57 Å². The molecule has 2 aliphatic carbocycles. The minimum absolute atomic E-state index is 0.139. The van der Waals surface area contributed by atoms with Crippen molar-refractivity contribution >= 4 is 11.5 Å². The molecule has 3 aliphatic rings. The van der Waals surface area contributed by atoms with Crippen molar-refractivity contribution < 1.29 is 13.9 Å². The third kappa shape index (κ3) is 2.90. The largest absolute Gasteiger partial charge is 0.466 e. The Labute approximate surface area is 158 Å². The van der Waals surface area contributed by atoms with Crippen molar-refractivity contribution in [2.24, 2.45) is 11.8 Å². The van der Waals surface area contributed by atoms with Gasteiger partial charge in [-0.3, -0.25) is 0 Å². The smallest absolute Gasteiger partial charge is 0.344 e. The zero-order chi connectivity index (χ0) is 19.3. The average Bonchev–Trinajstić information content (AvgIpc) is 3.54. The van der Waals surface area contributed by atoms with Crippen molar-refractivity contribution in [1.29, 1.82) is 10.5 Å². The molecule has 1 saturated heterocycles. The van der Waals surface area contributed by atoms with E-state index in [0.29, 0.717) is 23.0 Å². The monoisotopic (exact) mass is 360 g/mol. The summed E-state index contributed by atoms with van der Waals surface area (Å²) in [5.41, 5.74) is 3.86. The zero-order valence-corrected chi connectivity index (χ0v) is 15.7. The molecule has 136 valence electrons. The number of esters is 1. The number of nitrogens with zero attached hydrogens (tertiary/aromatic N) is 2. The molecule has 0 amide bonds. The maximum atomic E-state index is 12.9. The molecular formula is C22H20N2O3. The van der Waals surface area contributed by atoms with Gasteiger partial charge in [-0.05, 0) is 69.9 Å². The van der Waals surface area contributed by atoms with Crippen LogP contribution < -0.4 is 0 Å². The molecule has 5 nitrogen and oxygen atoms in total. The van der Waals surface area contributed by atoms with E-state index in [2.05, 4.69) is 0 Å². The number of nitriles is 2. The molecule has 1 aromatic rings. The Hall–Kier alpha value is -3.05. The van der Waals surface area contributed by atoms with Crippen LogP contribution >= 0.6 is 0 Å². The fourth-order valence-electron chi connectivity index (χ4n) is 4.00. The first-order valence-corrected chi connectivity index (χ1v) is 9.26. The quantitative estimate of drug-likeness (QED) is 0.445. The highest BCUT2D eigenvalue weighted by Gasteiger charge is 2.45. The van der Waals surface area contributed by atoms with Crippen LogP contribution in [0.3, 0.4) is 0 Å². The number of aryl methyl sites for hydroxylation is 2. The van der Waals surface area contributed by atoms with E-state index in [1.54, 1.807) is 0 Å². The molecule has 0 unspecified atom stereocenters. The summed E-state index contributed by atoms with van der Waals surface area (Å²) in [5.74, 6) is 2.01. The lowest BCUT2D eigenvalue weighted by molar-refractivity contribution is -0.132. The molecule has 1 aromatic heterocycles. The molecule has 0 atom stereocenters. The third-order valence-electron chi connectivity index (χ3n) is 5.47. The molecule has 0 bridgehead atoms. The number of allylic oxidation sites excluding steroid dienone is 4. The van der Waals surface area contributed by atoms with Gasteiger partial charge in [0, 0.05) is 11.1 Å². The molecule has 0 aromatic carbocycles. The second-order valence-corrected chi connectivity index (χ2v) is 7.52. The highest BCUT2D eigenvalue weighted by molar-refractivity contribution is 6.07. The van der Waals surface area contributed by atoms with Crippen molar-refractivity contribution in [1.82, 2.24) is 0 Å². The molecule has 5 heteroatoms. The van der Waals surface area contributed by atoms with Gasteiger partial charge in [0.15, 0.2) is 11.3 Å². The lowest BCUT2D eigenvalue weighted by Gasteiger charge is -2.12. The molecule has 27 heavy (non-hydrogen) atoms. The number of hydrogen-bond donors (Lipinski definition) is 0. The van der Waals surface area contributed by atoms with Gasteiger partial charge < -0.3 is 9.15 Å². The topological polar surface area (TPSA) is 87.0 Å². The zero-order valence-electron chi connectivity index (χ0n) is 15.7. The molecule has 1 aliphatic heterocycles. The minimum Gasteiger partial charge on any atom is -0.466 e. The highest BCUT2D eigenvalue weighted by atomic mass is 16.5. The number of carbonyl (C=O) groups excluding carboxylic acids is 1. The highest BCUT2D eigenvalue weighted by Crippen LogP contribution is 2.54. The number of carbonyl (C=O) groups is 1. The number of cyclic esters (lactones) is 1. The Kier molecular flexibility index (Phi) is 4.04. The van der Waals surface area contributed by atoms with Crippen LogP contribution in [-0.4, -0.2) is 5.97 Å². The molecule has 0 radical (unpaired) electrons. The van der Waals surface area contributed by atoms with E-state index in [1.807, 2.05) is 39.0 Å². The Balaban J connectivity index is 2.02. The Morgan fingerprint density at radius 2 is 1.67 bits per heavy atom.